The molecule has 4 saturated carbocycles. The van der Waals surface area contributed by atoms with Gasteiger partial charge in [0, 0.05) is 5.56 Å². The molecule has 1 heterocycles. The second kappa shape index (κ2) is 3.74. The van der Waals surface area contributed by atoms with E-state index in [1.165, 1.54) is 43.4 Å². The standard InChI is InChI=1S/C15H17NOS/c16-6-13-15(17)12(7-18-13)14-10-2-8-1-9(4-10)5-11(14)3-8/h7-11,14,17H,1-5H2. The summed E-state index contributed by atoms with van der Waals surface area (Å²) in [5.74, 6) is 4.29. The zero-order chi connectivity index (χ0) is 12.3. The highest BCUT2D eigenvalue weighted by Crippen LogP contribution is 2.61. The maximum Gasteiger partial charge on any atom is 0.147 e. The summed E-state index contributed by atoms with van der Waals surface area (Å²) in [5.41, 5.74) is 1.09. The smallest absolute Gasteiger partial charge is 0.147 e. The minimum Gasteiger partial charge on any atom is -0.505 e. The molecule has 94 valence electrons. The van der Waals surface area contributed by atoms with Gasteiger partial charge in [-0.15, -0.1) is 11.3 Å². The molecule has 1 aromatic rings. The fourth-order valence-corrected chi connectivity index (χ4v) is 5.91. The first-order valence-electron chi connectivity index (χ1n) is 6.96. The summed E-state index contributed by atoms with van der Waals surface area (Å²) < 4.78 is 0. The molecule has 0 atom stereocenters. The molecule has 0 spiro atoms. The molecule has 4 fully saturated rings. The maximum absolute atomic E-state index is 10.2. The van der Waals surface area contributed by atoms with Crippen molar-refractivity contribution >= 4 is 11.3 Å². The number of thiophene rings is 1. The molecule has 1 N–H and O–H groups in total. The summed E-state index contributed by atoms with van der Waals surface area (Å²) in [6, 6.07) is 2.11. The van der Waals surface area contributed by atoms with E-state index in [0.717, 1.165) is 29.2 Å². The third-order valence-electron chi connectivity index (χ3n) is 5.48. The van der Waals surface area contributed by atoms with Gasteiger partial charge < -0.3 is 5.11 Å². The lowest BCUT2D eigenvalue weighted by Crippen LogP contribution is -2.43. The Morgan fingerprint density at radius 2 is 1.72 bits per heavy atom. The van der Waals surface area contributed by atoms with Gasteiger partial charge in [0.15, 0.2) is 0 Å². The third kappa shape index (κ3) is 1.39. The van der Waals surface area contributed by atoms with Gasteiger partial charge in [-0.25, -0.2) is 0 Å². The molecule has 0 saturated heterocycles. The average Bonchev–Trinajstić information content (AvgIpc) is 2.70. The Bertz CT molecular complexity index is 499. The van der Waals surface area contributed by atoms with Crippen molar-refractivity contribution in [3.63, 3.8) is 0 Å². The number of aromatic hydroxyl groups is 1. The van der Waals surface area contributed by atoms with Crippen molar-refractivity contribution < 1.29 is 5.11 Å². The van der Waals surface area contributed by atoms with E-state index in [9.17, 15) is 5.11 Å². The molecule has 0 aliphatic heterocycles. The highest BCUT2D eigenvalue weighted by atomic mass is 32.1. The Morgan fingerprint density at radius 1 is 1.11 bits per heavy atom. The second-order valence-electron chi connectivity index (χ2n) is 6.44. The molecule has 4 aliphatic rings. The first-order valence-corrected chi connectivity index (χ1v) is 7.84. The van der Waals surface area contributed by atoms with Crippen molar-refractivity contribution in [1.29, 1.82) is 5.26 Å². The molecule has 0 aromatic carbocycles. The summed E-state index contributed by atoms with van der Waals surface area (Å²) in [7, 11) is 0. The number of rotatable bonds is 1. The summed E-state index contributed by atoms with van der Waals surface area (Å²) in [5, 5.41) is 21.2. The van der Waals surface area contributed by atoms with Crippen LogP contribution in [0.2, 0.25) is 0 Å². The van der Waals surface area contributed by atoms with Crippen molar-refractivity contribution in [3.05, 3.63) is 15.8 Å². The normalized spacial score (nSPS) is 40.9. The Balaban J connectivity index is 1.73. The van der Waals surface area contributed by atoms with E-state index < -0.39 is 0 Å². The zero-order valence-electron chi connectivity index (χ0n) is 10.3. The molecule has 0 unspecified atom stereocenters. The fraction of sp³-hybridized carbons (Fsp3) is 0.667. The summed E-state index contributed by atoms with van der Waals surface area (Å²) in [4.78, 5) is 0.499. The van der Waals surface area contributed by atoms with Gasteiger partial charge in [0.25, 0.3) is 0 Å². The molecule has 4 aliphatic carbocycles. The largest absolute Gasteiger partial charge is 0.505 e. The van der Waals surface area contributed by atoms with Crippen LogP contribution in [0, 0.1) is 35.0 Å². The fourth-order valence-electron chi connectivity index (χ4n) is 5.11. The third-order valence-corrected chi connectivity index (χ3v) is 6.37. The minimum absolute atomic E-state index is 0.292. The van der Waals surface area contributed by atoms with E-state index in [4.69, 9.17) is 5.26 Å². The topological polar surface area (TPSA) is 44.0 Å². The number of nitrogens with zero attached hydrogens (tertiary/aromatic N) is 1. The lowest BCUT2D eigenvalue weighted by molar-refractivity contribution is -0.00331. The van der Waals surface area contributed by atoms with Crippen LogP contribution in [0.15, 0.2) is 5.38 Å². The Labute approximate surface area is 111 Å². The Kier molecular flexibility index (Phi) is 2.26. The molecule has 4 bridgehead atoms. The molecule has 2 nitrogen and oxygen atoms in total. The molecule has 0 radical (unpaired) electrons. The van der Waals surface area contributed by atoms with Crippen LogP contribution in [0.5, 0.6) is 5.75 Å². The van der Waals surface area contributed by atoms with Gasteiger partial charge in [-0.3, -0.25) is 0 Å². The SMILES string of the molecule is N#Cc1scc(C2C3CC4CC(C3)CC2C4)c1O. The van der Waals surface area contributed by atoms with Crippen LogP contribution < -0.4 is 0 Å². The molecular formula is C15H17NOS. The first kappa shape index (κ1) is 10.9. The van der Waals surface area contributed by atoms with Crippen LogP contribution in [0.3, 0.4) is 0 Å². The predicted molar refractivity (Wildman–Crippen MR) is 70.5 cm³/mol. The van der Waals surface area contributed by atoms with E-state index in [-0.39, 0.29) is 0 Å². The lowest BCUT2D eigenvalue weighted by Gasteiger charge is -2.54. The Morgan fingerprint density at radius 3 is 2.22 bits per heavy atom. The first-order chi connectivity index (χ1) is 8.76. The number of hydrogen-bond donors (Lipinski definition) is 1. The average molecular weight is 259 g/mol. The van der Waals surface area contributed by atoms with Crippen molar-refractivity contribution in [1.82, 2.24) is 0 Å². The summed E-state index contributed by atoms with van der Waals surface area (Å²) in [6.07, 6.45) is 6.88. The second-order valence-corrected chi connectivity index (χ2v) is 7.32. The van der Waals surface area contributed by atoms with E-state index in [1.807, 2.05) is 5.38 Å². The molecule has 18 heavy (non-hydrogen) atoms. The predicted octanol–water partition coefficient (Wildman–Crippen LogP) is 3.87. The highest BCUT2D eigenvalue weighted by molar-refractivity contribution is 7.11. The van der Waals surface area contributed by atoms with Crippen molar-refractivity contribution in [2.45, 2.75) is 38.0 Å². The van der Waals surface area contributed by atoms with E-state index in [0.29, 0.717) is 16.5 Å². The zero-order valence-corrected chi connectivity index (χ0v) is 11.1. The van der Waals surface area contributed by atoms with Gasteiger partial charge in [0.05, 0.1) is 0 Å². The van der Waals surface area contributed by atoms with Crippen LogP contribution in [-0.2, 0) is 0 Å². The molecule has 1 aromatic heterocycles. The molecular weight excluding hydrogens is 242 g/mol. The van der Waals surface area contributed by atoms with E-state index in [2.05, 4.69) is 6.07 Å². The van der Waals surface area contributed by atoms with Crippen molar-refractivity contribution in [3.8, 4) is 11.8 Å². The maximum atomic E-state index is 10.2. The van der Waals surface area contributed by atoms with Crippen molar-refractivity contribution in [2.75, 3.05) is 0 Å². The van der Waals surface area contributed by atoms with E-state index in [1.54, 1.807) is 0 Å². The van der Waals surface area contributed by atoms with Gasteiger partial charge in [-0.2, -0.15) is 5.26 Å². The number of hydrogen-bond acceptors (Lipinski definition) is 3. The lowest BCUT2D eigenvalue weighted by atomic mass is 9.51. The van der Waals surface area contributed by atoms with E-state index >= 15 is 0 Å². The highest BCUT2D eigenvalue weighted by Gasteiger charge is 2.49. The Hall–Kier alpha value is -1.01. The van der Waals surface area contributed by atoms with Gasteiger partial charge >= 0.3 is 0 Å². The molecule has 3 heteroatoms. The number of nitriles is 1. The van der Waals surface area contributed by atoms with Gasteiger partial charge in [0.1, 0.15) is 16.7 Å². The van der Waals surface area contributed by atoms with Crippen LogP contribution in [-0.4, -0.2) is 5.11 Å². The van der Waals surface area contributed by atoms with Crippen LogP contribution in [0.4, 0.5) is 0 Å². The van der Waals surface area contributed by atoms with Gasteiger partial charge in [-0.05, 0) is 67.1 Å². The van der Waals surface area contributed by atoms with Crippen LogP contribution >= 0.6 is 11.3 Å². The van der Waals surface area contributed by atoms with Crippen molar-refractivity contribution in [2.24, 2.45) is 23.7 Å². The molecule has 0 amide bonds. The quantitative estimate of drug-likeness (QED) is 0.832. The molecule has 5 rings (SSSR count). The minimum atomic E-state index is 0.292. The van der Waals surface area contributed by atoms with Crippen LogP contribution in [0.25, 0.3) is 0 Å². The van der Waals surface area contributed by atoms with Crippen LogP contribution in [0.1, 0.15) is 48.5 Å². The monoisotopic (exact) mass is 259 g/mol. The summed E-state index contributed by atoms with van der Waals surface area (Å²) >= 11 is 1.41. The summed E-state index contributed by atoms with van der Waals surface area (Å²) in [6.45, 7) is 0. The van der Waals surface area contributed by atoms with Gasteiger partial charge in [-0.1, -0.05) is 0 Å². The van der Waals surface area contributed by atoms with Gasteiger partial charge in [0.2, 0.25) is 0 Å².